The van der Waals surface area contributed by atoms with Crippen molar-refractivity contribution in [3.8, 4) is 0 Å². The first kappa shape index (κ1) is 8.75. The van der Waals surface area contributed by atoms with Crippen molar-refractivity contribution in [3.63, 3.8) is 0 Å². The van der Waals surface area contributed by atoms with Crippen LogP contribution in [0.15, 0.2) is 12.7 Å². The van der Waals surface area contributed by atoms with E-state index in [2.05, 4.69) is 18.5 Å². The van der Waals surface area contributed by atoms with Gasteiger partial charge in [-0.15, -0.1) is 6.58 Å². The van der Waals surface area contributed by atoms with Gasteiger partial charge in [-0.05, 0) is 26.4 Å². The fourth-order valence-corrected chi connectivity index (χ4v) is 1.69. The second-order valence-corrected chi connectivity index (χ2v) is 3.27. The average Bonchev–Trinajstić information content (AvgIpc) is 2.04. The van der Waals surface area contributed by atoms with E-state index in [4.69, 9.17) is 0 Å². The van der Waals surface area contributed by atoms with Crippen molar-refractivity contribution in [3.05, 3.63) is 12.7 Å². The van der Waals surface area contributed by atoms with Gasteiger partial charge >= 0.3 is 0 Å². The van der Waals surface area contributed by atoms with Crippen LogP contribution in [-0.2, 0) is 0 Å². The van der Waals surface area contributed by atoms with Crippen LogP contribution in [0, 0.1) is 0 Å². The Bertz CT molecular complexity index is 136. The first-order valence-corrected chi connectivity index (χ1v) is 4.26. The molecule has 1 rings (SSSR count). The third-order valence-electron chi connectivity index (χ3n) is 2.46. The van der Waals surface area contributed by atoms with Crippen LogP contribution in [0.5, 0.6) is 0 Å². The van der Waals surface area contributed by atoms with Gasteiger partial charge in [0, 0.05) is 6.04 Å². The summed E-state index contributed by atoms with van der Waals surface area (Å²) in [6, 6.07) is 0.307. The van der Waals surface area contributed by atoms with Crippen molar-refractivity contribution in [2.24, 2.45) is 0 Å². The predicted octanol–water partition coefficient (Wildman–Crippen LogP) is 1.02. The van der Waals surface area contributed by atoms with Gasteiger partial charge in [-0.25, -0.2) is 0 Å². The lowest BCUT2D eigenvalue weighted by atomic mass is 9.98. The van der Waals surface area contributed by atoms with Gasteiger partial charge in [0.15, 0.2) is 0 Å². The summed E-state index contributed by atoms with van der Waals surface area (Å²) in [6.07, 6.45) is 4.88. The summed E-state index contributed by atoms with van der Waals surface area (Å²) in [4.78, 5) is 2.22. The number of nitrogens with zero attached hydrogens (tertiary/aromatic N) is 1. The van der Waals surface area contributed by atoms with Crippen molar-refractivity contribution in [2.75, 3.05) is 13.6 Å². The molecule has 2 unspecified atom stereocenters. The molecule has 0 amide bonds. The molecule has 1 aliphatic heterocycles. The Balaban J connectivity index is 2.46. The summed E-state index contributed by atoms with van der Waals surface area (Å²) in [5, 5.41) is 9.49. The molecule has 11 heavy (non-hydrogen) atoms. The lowest BCUT2D eigenvalue weighted by Crippen LogP contribution is -2.43. The lowest BCUT2D eigenvalue weighted by Gasteiger charge is -2.34. The van der Waals surface area contributed by atoms with Crippen LogP contribution in [0.1, 0.15) is 19.3 Å². The summed E-state index contributed by atoms with van der Waals surface area (Å²) >= 11 is 0. The van der Waals surface area contributed by atoms with E-state index in [1.54, 1.807) is 6.08 Å². The van der Waals surface area contributed by atoms with Crippen LogP contribution < -0.4 is 0 Å². The number of likely N-dealkylation sites (tertiary alicyclic amines) is 1. The zero-order valence-electron chi connectivity index (χ0n) is 7.16. The number of aliphatic hydroxyl groups excluding tert-OH is 1. The molecule has 2 nitrogen and oxygen atoms in total. The average molecular weight is 155 g/mol. The standard InChI is InChI=1S/C9H17NO/c1-3-9(11)8-6-4-5-7-10(8)2/h3,8-9,11H,1,4-7H2,2H3. The molecule has 1 fully saturated rings. The Morgan fingerprint density at radius 1 is 1.64 bits per heavy atom. The highest BCUT2D eigenvalue weighted by atomic mass is 16.3. The monoisotopic (exact) mass is 155 g/mol. The fraction of sp³-hybridized carbons (Fsp3) is 0.778. The molecule has 1 heterocycles. The predicted molar refractivity (Wildman–Crippen MR) is 46.5 cm³/mol. The molecular weight excluding hydrogens is 138 g/mol. The molecule has 64 valence electrons. The molecule has 1 N–H and O–H groups in total. The third-order valence-corrected chi connectivity index (χ3v) is 2.46. The van der Waals surface area contributed by atoms with Crippen LogP contribution in [-0.4, -0.2) is 35.7 Å². The lowest BCUT2D eigenvalue weighted by molar-refractivity contribution is 0.0702. The van der Waals surface area contributed by atoms with Crippen LogP contribution in [0.3, 0.4) is 0 Å². The number of hydrogen-bond acceptors (Lipinski definition) is 2. The van der Waals surface area contributed by atoms with Gasteiger partial charge in [0.05, 0.1) is 6.10 Å². The Hall–Kier alpha value is -0.340. The SMILES string of the molecule is C=CC(O)C1CCCCN1C. The van der Waals surface area contributed by atoms with Gasteiger partial charge in [-0.3, -0.25) is 0 Å². The maximum Gasteiger partial charge on any atom is 0.0873 e. The largest absolute Gasteiger partial charge is 0.387 e. The van der Waals surface area contributed by atoms with E-state index < -0.39 is 0 Å². The smallest absolute Gasteiger partial charge is 0.0873 e. The van der Waals surface area contributed by atoms with Crippen molar-refractivity contribution in [2.45, 2.75) is 31.4 Å². The highest BCUT2D eigenvalue weighted by Crippen LogP contribution is 2.17. The summed E-state index contributed by atoms with van der Waals surface area (Å²) in [5.74, 6) is 0. The van der Waals surface area contributed by atoms with Crippen molar-refractivity contribution in [1.29, 1.82) is 0 Å². The molecule has 1 saturated heterocycles. The number of rotatable bonds is 2. The molecule has 1 aliphatic rings. The molecule has 2 atom stereocenters. The molecular formula is C9H17NO. The minimum absolute atomic E-state index is 0.307. The normalized spacial score (nSPS) is 29.8. The zero-order chi connectivity index (χ0) is 8.27. The Labute approximate surface area is 68.5 Å². The van der Waals surface area contributed by atoms with Crippen LogP contribution in [0.4, 0.5) is 0 Å². The maximum atomic E-state index is 9.49. The number of hydrogen-bond donors (Lipinski definition) is 1. The topological polar surface area (TPSA) is 23.5 Å². The molecule has 0 saturated carbocycles. The zero-order valence-corrected chi connectivity index (χ0v) is 7.16. The van der Waals surface area contributed by atoms with E-state index in [1.165, 1.54) is 12.8 Å². The van der Waals surface area contributed by atoms with E-state index >= 15 is 0 Å². The van der Waals surface area contributed by atoms with Crippen molar-refractivity contribution in [1.82, 2.24) is 4.90 Å². The van der Waals surface area contributed by atoms with Crippen LogP contribution in [0.25, 0.3) is 0 Å². The Morgan fingerprint density at radius 2 is 2.36 bits per heavy atom. The van der Waals surface area contributed by atoms with E-state index in [1.807, 2.05) is 0 Å². The van der Waals surface area contributed by atoms with E-state index in [9.17, 15) is 5.11 Å². The number of piperidine rings is 1. The summed E-state index contributed by atoms with van der Waals surface area (Å²) in [5.41, 5.74) is 0. The van der Waals surface area contributed by atoms with Gasteiger partial charge in [0.25, 0.3) is 0 Å². The highest BCUT2D eigenvalue weighted by Gasteiger charge is 2.23. The van der Waals surface area contributed by atoms with Crippen molar-refractivity contribution >= 4 is 0 Å². The van der Waals surface area contributed by atoms with E-state index in [0.717, 1.165) is 13.0 Å². The highest BCUT2D eigenvalue weighted by molar-refractivity contribution is 4.91. The van der Waals surface area contributed by atoms with Gasteiger partial charge in [-0.1, -0.05) is 12.5 Å². The van der Waals surface area contributed by atoms with Crippen LogP contribution in [0.2, 0.25) is 0 Å². The van der Waals surface area contributed by atoms with E-state index in [-0.39, 0.29) is 6.10 Å². The molecule has 0 aliphatic carbocycles. The minimum Gasteiger partial charge on any atom is -0.387 e. The molecule has 0 aromatic carbocycles. The van der Waals surface area contributed by atoms with Gasteiger partial charge in [0.2, 0.25) is 0 Å². The molecule has 0 bridgehead atoms. The molecule has 0 aromatic heterocycles. The quantitative estimate of drug-likeness (QED) is 0.602. The maximum absolute atomic E-state index is 9.49. The summed E-state index contributed by atoms with van der Waals surface area (Å²) in [7, 11) is 2.07. The molecule has 0 aromatic rings. The Morgan fingerprint density at radius 3 is 2.91 bits per heavy atom. The Kier molecular flexibility index (Phi) is 3.09. The van der Waals surface area contributed by atoms with Gasteiger partial charge < -0.3 is 10.0 Å². The minimum atomic E-state index is -0.347. The van der Waals surface area contributed by atoms with Crippen molar-refractivity contribution < 1.29 is 5.11 Å². The number of aliphatic hydroxyl groups is 1. The molecule has 0 radical (unpaired) electrons. The van der Waals surface area contributed by atoms with Gasteiger partial charge in [-0.2, -0.15) is 0 Å². The summed E-state index contributed by atoms with van der Waals surface area (Å²) in [6.45, 7) is 4.70. The van der Waals surface area contributed by atoms with E-state index in [0.29, 0.717) is 6.04 Å². The summed E-state index contributed by atoms with van der Waals surface area (Å²) < 4.78 is 0. The first-order valence-electron chi connectivity index (χ1n) is 4.26. The third kappa shape index (κ3) is 2.04. The second-order valence-electron chi connectivity index (χ2n) is 3.27. The number of likely N-dealkylation sites (N-methyl/N-ethyl adjacent to an activating group) is 1. The first-order chi connectivity index (χ1) is 5.25. The fourth-order valence-electron chi connectivity index (χ4n) is 1.69. The van der Waals surface area contributed by atoms with Gasteiger partial charge in [0.1, 0.15) is 0 Å². The van der Waals surface area contributed by atoms with Crippen LogP contribution >= 0.6 is 0 Å². The molecule has 2 heteroatoms. The molecule has 0 spiro atoms. The second kappa shape index (κ2) is 3.88.